The van der Waals surface area contributed by atoms with E-state index in [9.17, 15) is 9.90 Å². The van der Waals surface area contributed by atoms with Crippen LogP contribution in [-0.4, -0.2) is 50.4 Å². The second kappa shape index (κ2) is 10.8. The maximum absolute atomic E-state index is 15.8. The van der Waals surface area contributed by atoms with Crippen LogP contribution in [0, 0.1) is 25.6 Å². The number of rotatable bonds is 6. The van der Waals surface area contributed by atoms with Gasteiger partial charge in [0.2, 0.25) is 0 Å². The van der Waals surface area contributed by atoms with E-state index in [4.69, 9.17) is 19.4 Å². The largest absolute Gasteiger partial charge is 0.490 e. The number of benzene rings is 1. The normalized spacial score (nSPS) is 20.0. The molecule has 7 rings (SSSR count). The first-order valence-electron chi connectivity index (χ1n) is 16.0. The number of aromatic nitrogens is 3. The lowest BCUT2D eigenvalue weighted by atomic mass is 9.86. The van der Waals surface area contributed by atoms with Crippen LogP contribution in [0.4, 0.5) is 10.2 Å². The van der Waals surface area contributed by atoms with Crippen molar-refractivity contribution in [2.24, 2.45) is 13.0 Å². The number of carbonyl (C=O) groups is 1. The van der Waals surface area contributed by atoms with Crippen molar-refractivity contribution < 1.29 is 23.8 Å². The van der Waals surface area contributed by atoms with Crippen molar-refractivity contribution in [2.75, 3.05) is 18.1 Å². The van der Waals surface area contributed by atoms with Gasteiger partial charge in [-0.15, -0.1) is 0 Å². The Kier molecular flexibility index (Phi) is 7.15. The van der Waals surface area contributed by atoms with E-state index in [0.717, 1.165) is 52.5 Å². The zero-order valence-corrected chi connectivity index (χ0v) is 26.9. The molecule has 0 amide bonds. The summed E-state index contributed by atoms with van der Waals surface area (Å²) in [7, 11) is 1.97. The number of aryl methyl sites for hydroxylation is 2. The van der Waals surface area contributed by atoms with Gasteiger partial charge in [0.15, 0.2) is 17.7 Å². The zero-order chi connectivity index (χ0) is 31.8. The molecular formula is C36H41FN4O4. The van der Waals surface area contributed by atoms with Gasteiger partial charge in [-0.3, -0.25) is 0 Å². The van der Waals surface area contributed by atoms with Crippen LogP contribution in [0.15, 0.2) is 30.5 Å². The number of halogens is 1. The van der Waals surface area contributed by atoms with Gasteiger partial charge in [0.1, 0.15) is 11.5 Å². The van der Waals surface area contributed by atoms with Gasteiger partial charge in [0, 0.05) is 59.2 Å². The maximum atomic E-state index is 15.8. The molecule has 1 aliphatic carbocycles. The SMILES string of the molecule is Cc1nc2c(cc(-c3ccnc(N4CC5CCC4C5)c3)n2C)c(-c2cc(F)c3c(c2C)CCCO3)c1C(OC(C)(C)C)C(=O)O. The zero-order valence-electron chi connectivity index (χ0n) is 26.9. The molecular weight excluding hydrogens is 571 g/mol. The number of piperidine rings is 1. The minimum atomic E-state index is -1.31. The molecule has 2 fully saturated rings. The van der Waals surface area contributed by atoms with Crippen LogP contribution in [0.25, 0.3) is 33.4 Å². The molecule has 2 aliphatic heterocycles. The Labute approximate surface area is 263 Å². The number of fused-ring (bicyclic) bond motifs is 4. The number of hydrogen-bond donors (Lipinski definition) is 1. The van der Waals surface area contributed by atoms with Crippen molar-refractivity contribution in [1.82, 2.24) is 14.5 Å². The summed E-state index contributed by atoms with van der Waals surface area (Å²) in [6.45, 7) is 10.8. The van der Waals surface area contributed by atoms with Gasteiger partial charge in [-0.2, -0.15) is 0 Å². The fraction of sp³-hybridized carbons (Fsp3) is 0.472. The van der Waals surface area contributed by atoms with Crippen LogP contribution in [0.2, 0.25) is 0 Å². The first-order chi connectivity index (χ1) is 21.4. The second-order valence-corrected chi connectivity index (χ2v) is 13.9. The molecule has 0 radical (unpaired) electrons. The molecule has 3 atom stereocenters. The Morgan fingerprint density at radius 2 is 2.00 bits per heavy atom. The van der Waals surface area contributed by atoms with Gasteiger partial charge in [0.25, 0.3) is 0 Å². The van der Waals surface area contributed by atoms with Crippen LogP contribution in [0.1, 0.15) is 74.9 Å². The Bertz CT molecular complexity index is 1840. The molecule has 1 saturated carbocycles. The molecule has 45 heavy (non-hydrogen) atoms. The minimum Gasteiger partial charge on any atom is -0.490 e. The molecule has 2 bridgehead atoms. The maximum Gasteiger partial charge on any atom is 0.337 e. The summed E-state index contributed by atoms with van der Waals surface area (Å²) in [6, 6.07) is 8.24. The Hall–Kier alpha value is -3.98. The monoisotopic (exact) mass is 612 g/mol. The average Bonchev–Trinajstić information content (AvgIpc) is 3.72. The van der Waals surface area contributed by atoms with Gasteiger partial charge in [0.05, 0.1) is 17.9 Å². The average molecular weight is 613 g/mol. The fourth-order valence-electron chi connectivity index (χ4n) is 7.79. The summed E-state index contributed by atoms with van der Waals surface area (Å²) in [6.07, 6.45) is 5.77. The van der Waals surface area contributed by atoms with Crippen molar-refractivity contribution >= 4 is 22.8 Å². The molecule has 3 aromatic heterocycles. The van der Waals surface area contributed by atoms with E-state index < -0.39 is 23.5 Å². The molecule has 0 spiro atoms. The number of anilines is 1. The molecule has 3 aliphatic rings. The Balaban J connectivity index is 1.48. The summed E-state index contributed by atoms with van der Waals surface area (Å²) in [4.78, 5) is 25.1. The van der Waals surface area contributed by atoms with Crippen LogP contribution in [0.3, 0.4) is 0 Å². The highest BCUT2D eigenvalue weighted by atomic mass is 19.1. The van der Waals surface area contributed by atoms with Gasteiger partial charge >= 0.3 is 5.97 Å². The van der Waals surface area contributed by atoms with Gasteiger partial charge in [-0.1, -0.05) is 0 Å². The lowest BCUT2D eigenvalue weighted by molar-refractivity contribution is -0.160. The van der Waals surface area contributed by atoms with E-state index in [2.05, 4.69) is 17.0 Å². The molecule has 9 heteroatoms. The number of hydrogen-bond acceptors (Lipinski definition) is 6. The third-order valence-corrected chi connectivity index (χ3v) is 9.81. The van der Waals surface area contributed by atoms with E-state index in [1.165, 1.54) is 25.3 Å². The van der Waals surface area contributed by atoms with E-state index in [1.807, 2.05) is 58.5 Å². The fourth-order valence-corrected chi connectivity index (χ4v) is 7.79. The first kappa shape index (κ1) is 29.7. The van der Waals surface area contributed by atoms with Crippen molar-refractivity contribution in [3.8, 4) is 28.1 Å². The van der Waals surface area contributed by atoms with Gasteiger partial charge in [-0.25, -0.2) is 19.2 Å². The molecule has 236 valence electrons. The quantitative estimate of drug-likeness (QED) is 0.244. The summed E-state index contributed by atoms with van der Waals surface area (Å²) in [5.74, 6) is 0.448. The Morgan fingerprint density at radius 1 is 1.20 bits per heavy atom. The van der Waals surface area contributed by atoms with Crippen molar-refractivity contribution in [2.45, 2.75) is 84.5 Å². The third kappa shape index (κ3) is 5.05. The number of ether oxygens (including phenoxy) is 2. The molecule has 8 nitrogen and oxygen atoms in total. The highest BCUT2D eigenvalue weighted by molar-refractivity contribution is 6.01. The molecule has 3 unspecified atom stereocenters. The second-order valence-electron chi connectivity index (χ2n) is 13.9. The number of carboxylic acids is 1. The third-order valence-electron chi connectivity index (χ3n) is 9.81. The summed E-state index contributed by atoms with van der Waals surface area (Å²) in [5, 5.41) is 11.3. The molecule has 1 aromatic carbocycles. The number of aliphatic carboxylic acids is 1. The lowest BCUT2D eigenvalue weighted by Gasteiger charge is -2.29. The van der Waals surface area contributed by atoms with Crippen LogP contribution in [-0.2, 0) is 23.0 Å². The topological polar surface area (TPSA) is 89.7 Å². The number of nitrogens with zero attached hydrogens (tertiary/aromatic N) is 4. The standard InChI is InChI=1S/C36H41FN4O4/c1-19-24-8-7-13-44-32(24)27(37)16-25(19)31-26-17-28(22-11-12-38-29(15-22)41-18-21-9-10-23(41)14-21)40(6)34(26)39-20(2)30(31)33(35(42)43)45-36(3,4)5/h11-12,15-17,21,23,33H,7-10,13-14,18H2,1-6H3,(H,42,43). The van der Waals surface area contributed by atoms with E-state index in [0.29, 0.717) is 52.9 Å². The molecule has 5 heterocycles. The molecule has 1 N–H and O–H groups in total. The van der Waals surface area contributed by atoms with Crippen molar-refractivity contribution in [3.05, 3.63) is 58.7 Å². The number of pyridine rings is 2. The van der Waals surface area contributed by atoms with Gasteiger partial charge < -0.3 is 24.0 Å². The van der Waals surface area contributed by atoms with Crippen LogP contribution < -0.4 is 9.64 Å². The van der Waals surface area contributed by atoms with Crippen molar-refractivity contribution in [1.29, 1.82) is 0 Å². The predicted molar refractivity (Wildman–Crippen MR) is 172 cm³/mol. The predicted octanol–water partition coefficient (Wildman–Crippen LogP) is 7.31. The van der Waals surface area contributed by atoms with Crippen LogP contribution >= 0.6 is 0 Å². The highest BCUT2D eigenvalue weighted by Crippen LogP contribution is 2.46. The number of carboxylic acid groups (broad SMARTS) is 1. The lowest BCUT2D eigenvalue weighted by Crippen LogP contribution is -2.32. The Morgan fingerprint density at radius 3 is 2.69 bits per heavy atom. The van der Waals surface area contributed by atoms with Crippen molar-refractivity contribution in [3.63, 3.8) is 0 Å². The van der Waals surface area contributed by atoms with E-state index in [1.54, 1.807) is 0 Å². The van der Waals surface area contributed by atoms with Gasteiger partial charge in [-0.05, 0) is 108 Å². The molecule has 1 saturated heterocycles. The van der Waals surface area contributed by atoms with E-state index >= 15 is 4.39 Å². The van der Waals surface area contributed by atoms with E-state index in [-0.39, 0.29) is 0 Å². The molecule has 4 aromatic rings. The first-order valence-corrected chi connectivity index (χ1v) is 16.0. The van der Waals surface area contributed by atoms with Crippen LogP contribution in [0.5, 0.6) is 5.75 Å². The highest BCUT2D eigenvalue weighted by Gasteiger charge is 2.39. The summed E-state index contributed by atoms with van der Waals surface area (Å²) < 4.78 is 29.8. The summed E-state index contributed by atoms with van der Waals surface area (Å²) >= 11 is 0. The summed E-state index contributed by atoms with van der Waals surface area (Å²) in [5.41, 5.74) is 5.78. The smallest absolute Gasteiger partial charge is 0.337 e. The minimum absolute atomic E-state index is 0.292.